The summed E-state index contributed by atoms with van der Waals surface area (Å²) in [4.78, 5) is 0. The summed E-state index contributed by atoms with van der Waals surface area (Å²) < 4.78 is 0. The van der Waals surface area contributed by atoms with Crippen molar-refractivity contribution in [3.63, 3.8) is 0 Å². The zero-order valence-electron chi connectivity index (χ0n) is 24.3. The fourth-order valence-corrected chi connectivity index (χ4v) is 6.55. The molecule has 0 bridgehead atoms. The molecule has 0 fully saturated rings. The maximum Gasteiger partial charge on any atom is -0.00206 e. The molecule has 0 saturated heterocycles. The standard InChI is InChI=1S/C44H30/c1-5-13-31(14-6-1)41(32-15-7-2-8-16-32)29-37-23-21-35-26-28-40-38(24-22-36-25-27-39(37)43(35)44(36)40)30-42(33-17-9-3-10-18-33)34-19-11-4-12-20-34/h1-30H. The lowest BCUT2D eigenvalue weighted by Crippen LogP contribution is -1.92. The first-order valence-corrected chi connectivity index (χ1v) is 15.2. The Morgan fingerprint density at radius 1 is 0.295 bits per heavy atom. The summed E-state index contributed by atoms with van der Waals surface area (Å²) in [5, 5.41) is 7.73. The molecule has 0 radical (unpaired) electrons. The SMILES string of the molecule is C(=C(c1ccccc1)c1ccccc1)c1ccc2ccc3c(C=C(c4ccccc4)c4ccccc4)ccc4ccc1c2c43. The minimum atomic E-state index is 1.21. The van der Waals surface area contributed by atoms with Crippen LogP contribution in [-0.4, -0.2) is 0 Å². The fourth-order valence-electron chi connectivity index (χ4n) is 6.55. The molecule has 0 aliphatic carbocycles. The molecular weight excluding hydrogens is 528 g/mol. The highest BCUT2D eigenvalue weighted by atomic mass is 14.2. The van der Waals surface area contributed by atoms with Crippen LogP contribution in [0.15, 0.2) is 170 Å². The summed E-state index contributed by atoms with van der Waals surface area (Å²) in [7, 11) is 0. The van der Waals surface area contributed by atoms with E-state index in [1.54, 1.807) is 0 Å². The van der Waals surface area contributed by atoms with Gasteiger partial charge in [0.05, 0.1) is 0 Å². The van der Waals surface area contributed by atoms with Crippen LogP contribution >= 0.6 is 0 Å². The van der Waals surface area contributed by atoms with Crippen molar-refractivity contribution < 1.29 is 0 Å². The molecule has 0 saturated carbocycles. The van der Waals surface area contributed by atoms with Crippen LogP contribution in [0.5, 0.6) is 0 Å². The Labute approximate surface area is 258 Å². The van der Waals surface area contributed by atoms with Crippen LogP contribution < -0.4 is 0 Å². The van der Waals surface area contributed by atoms with Crippen molar-refractivity contribution in [3.05, 3.63) is 203 Å². The third-order valence-corrected chi connectivity index (χ3v) is 8.67. The number of hydrogen-bond donors (Lipinski definition) is 0. The summed E-state index contributed by atoms with van der Waals surface area (Å²) >= 11 is 0. The molecule has 0 heterocycles. The van der Waals surface area contributed by atoms with Crippen LogP contribution in [0.3, 0.4) is 0 Å². The van der Waals surface area contributed by atoms with Crippen LogP contribution in [0.1, 0.15) is 33.4 Å². The Hall–Kier alpha value is -5.72. The van der Waals surface area contributed by atoms with Gasteiger partial charge in [-0.1, -0.05) is 170 Å². The molecule has 8 rings (SSSR count). The van der Waals surface area contributed by atoms with Crippen molar-refractivity contribution in [1.29, 1.82) is 0 Å². The molecule has 0 aromatic heterocycles. The van der Waals surface area contributed by atoms with Crippen LogP contribution in [0.2, 0.25) is 0 Å². The number of benzene rings is 8. The molecule has 44 heavy (non-hydrogen) atoms. The van der Waals surface area contributed by atoms with Crippen LogP contribution in [0, 0.1) is 0 Å². The van der Waals surface area contributed by atoms with Gasteiger partial charge in [0.25, 0.3) is 0 Å². The lowest BCUT2D eigenvalue weighted by Gasteiger charge is -2.16. The molecule has 206 valence electrons. The summed E-state index contributed by atoms with van der Waals surface area (Å²) in [6.45, 7) is 0. The minimum absolute atomic E-state index is 1.21. The van der Waals surface area contributed by atoms with E-state index in [1.807, 2.05) is 0 Å². The van der Waals surface area contributed by atoms with Gasteiger partial charge in [-0.25, -0.2) is 0 Å². The van der Waals surface area contributed by atoms with Gasteiger partial charge in [-0.3, -0.25) is 0 Å². The quantitative estimate of drug-likeness (QED) is 0.141. The molecular formula is C44H30. The van der Waals surface area contributed by atoms with E-state index in [0.29, 0.717) is 0 Å². The normalized spacial score (nSPS) is 11.2. The largest absolute Gasteiger partial charge is 0.0622 e. The molecule has 0 aliphatic heterocycles. The lowest BCUT2D eigenvalue weighted by molar-refractivity contribution is 1.55. The highest BCUT2D eigenvalue weighted by Gasteiger charge is 2.14. The van der Waals surface area contributed by atoms with Crippen molar-refractivity contribution in [3.8, 4) is 0 Å². The third kappa shape index (κ3) is 4.68. The van der Waals surface area contributed by atoms with Gasteiger partial charge in [-0.05, 0) is 89.0 Å². The van der Waals surface area contributed by atoms with E-state index in [2.05, 4.69) is 182 Å². The van der Waals surface area contributed by atoms with Gasteiger partial charge in [0.2, 0.25) is 0 Å². The van der Waals surface area contributed by atoms with Crippen LogP contribution in [0.4, 0.5) is 0 Å². The van der Waals surface area contributed by atoms with Gasteiger partial charge < -0.3 is 0 Å². The molecule has 0 N–H and O–H groups in total. The van der Waals surface area contributed by atoms with Crippen molar-refractivity contribution in [2.75, 3.05) is 0 Å². The Kier molecular flexibility index (Phi) is 6.59. The zero-order valence-corrected chi connectivity index (χ0v) is 24.3. The van der Waals surface area contributed by atoms with Gasteiger partial charge in [0.1, 0.15) is 0 Å². The maximum atomic E-state index is 2.36. The molecule has 0 unspecified atom stereocenters. The summed E-state index contributed by atoms with van der Waals surface area (Å²) in [5.74, 6) is 0. The Bertz CT molecular complexity index is 2030. The van der Waals surface area contributed by atoms with E-state index >= 15 is 0 Å². The Balaban J connectivity index is 1.37. The summed E-state index contributed by atoms with van der Waals surface area (Å²) in [6.07, 6.45) is 4.72. The monoisotopic (exact) mass is 558 g/mol. The van der Waals surface area contributed by atoms with Gasteiger partial charge in [0, 0.05) is 0 Å². The second-order valence-corrected chi connectivity index (χ2v) is 11.3. The topological polar surface area (TPSA) is 0 Å². The molecule has 0 aliphatic rings. The smallest absolute Gasteiger partial charge is 0.00206 e. The average Bonchev–Trinajstić information content (AvgIpc) is 3.10. The lowest BCUT2D eigenvalue weighted by atomic mass is 9.87. The predicted molar refractivity (Wildman–Crippen MR) is 190 cm³/mol. The van der Waals surface area contributed by atoms with Crippen LogP contribution in [0.25, 0.3) is 55.6 Å². The molecule has 0 atom stereocenters. The first-order valence-electron chi connectivity index (χ1n) is 15.2. The maximum absolute atomic E-state index is 2.36. The van der Waals surface area contributed by atoms with E-state index in [4.69, 9.17) is 0 Å². The molecule has 0 nitrogen and oxygen atoms in total. The first-order chi connectivity index (χ1) is 21.8. The van der Waals surface area contributed by atoms with Crippen molar-refractivity contribution in [2.45, 2.75) is 0 Å². The number of hydrogen-bond acceptors (Lipinski definition) is 0. The second-order valence-electron chi connectivity index (χ2n) is 11.3. The molecule has 0 spiro atoms. The highest BCUT2D eigenvalue weighted by Crippen LogP contribution is 2.40. The molecule has 8 aromatic rings. The Morgan fingerprint density at radius 3 is 0.909 bits per heavy atom. The highest BCUT2D eigenvalue weighted by molar-refractivity contribution is 6.26. The third-order valence-electron chi connectivity index (χ3n) is 8.67. The molecule has 0 amide bonds. The van der Waals surface area contributed by atoms with Gasteiger partial charge >= 0.3 is 0 Å². The van der Waals surface area contributed by atoms with Crippen LogP contribution in [-0.2, 0) is 0 Å². The van der Waals surface area contributed by atoms with E-state index in [0.717, 1.165) is 0 Å². The zero-order chi connectivity index (χ0) is 29.3. The number of rotatable bonds is 6. The van der Waals surface area contributed by atoms with Crippen molar-refractivity contribution >= 4 is 55.6 Å². The molecule has 8 aromatic carbocycles. The van der Waals surface area contributed by atoms with Gasteiger partial charge in [-0.2, -0.15) is 0 Å². The van der Waals surface area contributed by atoms with E-state index in [1.165, 1.54) is 76.8 Å². The van der Waals surface area contributed by atoms with E-state index in [9.17, 15) is 0 Å². The predicted octanol–water partition coefficient (Wildman–Crippen LogP) is 11.8. The first kappa shape index (κ1) is 25.9. The van der Waals surface area contributed by atoms with Crippen molar-refractivity contribution in [2.24, 2.45) is 0 Å². The summed E-state index contributed by atoms with van der Waals surface area (Å²) in [5.41, 5.74) is 9.75. The molecule has 0 heteroatoms. The van der Waals surface area contributed by atoms with E-state index in [-0.39, 0.29) is 0 Å². The van der Waals surface area contributed by atoms with Crippen molar-refractivity contribution in [1.82, 2.24) is 0 Å². The summed E-state index contributed by atoms with van der Waals surface area (Å²) in [6, 6.07) is 61.1. The van der Waals surface area contributed by atoms with Gasteiger partial charge in [0.15, 0.2) is 0 Å². The van der Waals surface area contributed by atoms with Gasteiger partial charge in [-0.15, -0.1) is 0 Å². The average molecular weight is 559 g/mol. The fraction of sp³-hybridized carbons (Fsp3) is 0. The Morgan fingerprint density at radius 2 is 0.591 bits per heavy atom. The second kappa shape index (κ2) is 11.2. The minimum Gasteiger partial charge on any atom is -0.0622 e. The van der Waals surface area contributed by atoms with E-state index < -0.39 is 0 Å².